The Balaban J connectivity index is 2.15. The Hall–Kier alpha value is -2.22. The van der Waals surface area contributed by atoms with E-state index in [1.54, 1.807) is 0 Å². The highest BCUT2D eigenvalue weighted by Gasteiger charge is 1.98. The summed E-state index contributed by atoms with van der Waals surface area (Å²) in [5.74, 6) is 0. The molecule has 0 aliphatic rings. The van der Waals surface area contributed by atoms with Crippen LogP contribution < -0.4 is 0 Å². The lowest BCUT2D eigenvalue weighted by molar-refractivity contribution is -0.524. The Morgan fingerprint density at radius 3 is 2.00 bits per heavy atom. The lowest BCUT2D eigenvalue weighted by atomic mass is 10.2. The van der Waals surface area contributed by atoms with Gasteiger partial charge in [-0.3, -0.25) is 0 Å². The van der Waals surface area contributed by atoms with E-state index in [9.17, 15) is 0 Å². The maximum Gasteiger partial charge on any atom is 0.203 e. The zero-order valence-electron chi connectivity index (χ0n) is 10.5. The zero-order chi connectivity index (χ0) is 12.6. The molecule has 2 heteroatoms. The molecule has 2 nitrogen and oxygen atoms in total. The van der Waals surface area contributed by atoms with Gasteiger partial charge in [-0.25, -0.2) is 0 Å². The largest absolute Gasteiger partial charge is 0.203 e. The number of hydrogen-bond donors (Lipinski definition) is 0. The summed E-state index contributed by atoms with van der Waals surface area (Å²) < 4.78 is 1.93. The van der Waals surface area contributed by atoms with Gasteiger partial charge in [0.1, 0.15) is 6.21 Å². The number of hydrazone groups is 1. The molecule has 0 fully saturated rings. The summed E-state index contributed by atoms with van der Waals surface area (Å²) >= 11 is 0. The Kier molecular flexibility index (Phi) is 4.42. The van der Waals surface area contributed by atoms with Gasteiger partial charge in [0.2, 0.25) is 6.21 Å². The normalized spacial score (nSPS) is 11.9. The molecule has 0 spiro atoms. The topological polar surface area (TPSA) is 15.4 Å². The summed E-state index contributed by atoms with van der Waals surface area (Å²) in [5.41, 5.74) is 2.27. The fraction of sp³-hybridized carbons (Fsp3) is 0.125. The summed E-state index contributed by atoms with van der Waals surface area (Å²) in [4.78, 5) is 0. The highest BCUT2D eigenvalue weighted by Crippen LogP contribution is 1.96. The molecular formula is C16H17N2+. The van der Waals surface area contributed by atoms with Crippen molar-refractivity contribution >= 4 is 12.4 Å². The van der Waals surface area contributed by atoms with E-state index in [0.29, 0.717) is 0 Å². The maximum atomic E-state index is 4.46. The molecule has 0 radical (unpaired) electrons. The smallest absolute Gasteiger partial charge is 0.0909 e. The Morgan fingerprint density at radius 2 is 1.44 bits per heavy atom. The van der Waals surface area contributed by atoms with Crippen LogP contribution in [0.25, 0.3) is 0 Å². The summed E-state index contributed by atoms with van der Waals surface area (Å²) in [6.45, 7) is 2.93. The highest BCUT2D eigenvalue weighted by atomic mass is 15.4. The molecule has 2 aromatic carbocycles. The first-order valence-corrected chi connectivity index (χ1v) is 6.14. The van der Waals surface area contributed by atoms with Crippen molar-refractivity contribution in [2.75, 3.05) is 6.54 Å². The number of benzene rings is 2. The van der Waals surface area contributed by atoms with Gasteiger partial charge in [-0.1, -0.05) is 53.2 Å². The molecule has 90 valence electrons. The summed E-state index contributed by atoms with van der Waals surface area (Å²) in [6.07, 6.45) is 3.92. The average Bonchev–Trinajstić information content (AvgIpc) is 2.45. The van der Waals surface area contributed by atoms with E-state index >= 15 is 0 Å². The molecule has 0 bridgehead atoms. The van der Waals surface area contributed by atoms with E-state index in [0.717, 1.165) is 17.7 Å². The number of nitrogens with zero attached hydrogens (tertiary/aromatic N) is 2. The molecule has 2 aromatic rings. The van der Waals surface area contributed by atoms with Gasteiger partial charge in [-0.15, -0.1) is 0 Å². The molecule has 0 aliphatic heterocycles. The predicted molar refractivity (Wildman–Crippen MR) is 76.4 cm³/mol. The van der Waals surface area contributed by atoms with E-state index in [2.05, 4.69) is 24.2 Å². The van der Waals surface area contributed by atoms with E-state index in [1.165, 1.54) is 0 Å². The van der Waals surface area contributed by atoms with Crippen molar-refractivity contribution in [2.45, 2.75) is 6.92 Å². The second-order valence-electron chi connectivity index (χ2n) is 3.95. The molecule has 0 aromatic heterocycles. The molecule has 0 unspecified atom stereocenters. The minimum absolute atomic E-state index is 0.845. The quantitative estimate of drug-likeness (QED) is 0.441. The first-order chi connectivity index (χ1) is 8.88. The molecule has 0 saturated carbocycles. The molecule has 0 saturated heterocycles. The molecule has 0 atom stereocenters. The van der Waals surface area contributed by atoms with E-state index in [4.69, 9.17) is 0 Å². The molecule has 2 rings (SSSR count). The van der Waals surface area contributed by atoms with Crippen LogP contribution in [0.15, 0.2) is 65.8 Å². The van der Waals surface area contributed by atoms with Crippen molar-refractivity contribution in [3.8, 4) is 0 Å². The monoisotopic (exact) mass is 237 g/mol. The van der Waals surface area contributed by atoms with E-state index in [1.807, 2.05) is 65.6 Å². The van der Waals surface area contributed by atoms with Crippen LogP contribution in [0.2, 0.25) is 0 Å². The molecule has 0 aliphatic carbocycles. The molecule has 0 heterocycles. The highest BCUT2D eigenvalue weighted by molar-refractivity contribution is 5.79. The minimum Gasteiger partial charge on any atom is -0.0909 e. The van der Waals surface area contributed by atoms with Crippen molar-refractivity contribution in [3.63, 3.8) is 0 Å². The van der Waals surface area contributed by atoms with Crippen molar-refractivity contribution in [2.24, 2.45) is 5.10 Å². The summed E-state index contributed by atoms with van der Waals surface area (Å²) in [7, 11) is 0. The van der Waals surface area contributed by atoms with Crippen LogP contribution in [0.3, 0.4) is 0 Å². The third-order valence-corrected chi connectivity index (χ3v) is 2.58. The molecule has 0 N–H and O–H groups in total. The third kappa shape index (κ3) is 3.67. The predicted octanol–water partition coefficient (Wildman–Crippen LogP) is 3.17. The van der Waals surface area contributed by atoms with Gasteiger partial charge < -0.3 is 0 Å². The standard InChI is InChI=1S/C16H17N2/c1-2-18(14-16-11-7-4-8-12-16)17-13-15-9-5-3-6-10-15/h3-14H,2H2,1H3/q+1/b17-13+,18-14-. The van der Waals surface area contributed by atoms with Gasteiger partial charge in [0, 0.05) is 5.56 Å². The number of hydrogen-bond acceptors (Lipinski definition) is 1. The molecule has 18 heavy (non-hydrogen) atoms. The SMILES string of the molecule is CC[N+](=C/c1ccccc1)/N=C/c1ccccc1. The number of rotatable bonds is 4. The van der Waals surface area contributed by atoms with Crippen LogP contribution in [0.5, 0.6) is 0 Å². The van der Waals surface area contributed by atoms with Crippen molar-refractivity contribution in [3.05, 3.63) is 71.8 Å². The fourth-order valence-electron chi connectivity index (χ4n) is 1.60. The van der Waals surface area contributed by atoms with Crippen LogP contribution in [0.1, 0.15) is 18.1 Å². The van der Waals surface area contributed by atoms with Gasteiger partial charge in [0.15, 0.2) is 6.54 Å². The van der Waals surface area contributed by atoms with E-state index in [-0.39, 0.29) is 0 Å². The van der Waals surface area contributed by atoms with Gasteiger partial charge in [-0.05, 0) is 29.7 Å². The van der Waals surface area contributed by atoms with Crippen LogP contribution in [0, 0.1) is 0 Å². The second kappa shape index (κ2) is 6.50. The average molecular weight is 237 g/mol. The minimum atomic E-state index is 0.845. The fourth-order valence-corrected chi connectivity index (χ4v) is 1.60. The first-order valence-electron chi connectivity index (χ1n) is 6.14. The van der Waals surface area contributed by atoms with Gasteiger partial charge in [-0.2, -0.15) is 0 Å². The van der Waals surface area contributed by atoms with Gasteiger partial charge in [0.25, 0.3) is 0 Å². The third-order valence-electron chi connectivity index (χ3n) is 2.58. The first kappa shape index (κ1) is 12.2. The molecule has 0 amide bonds. The molecular weight excluding hydrogens is 220 g/mol. The maximum absolute atomic E-state index is 4.46. The summed E-state index contributed by atoms with van der Waals surface area (Å²) in [6, 6.07) is 20.3. The van der Waals surface area contributed by atoms with Crippen molar-refractivity contribution < 1.29 is 4.68 Å². The van der Waals surface area contributed by atoms with E-state index < -0.39 is 0 Å². The Bertz CT molecular complexity index is 528. The van der Waals surface area contributed by atoms with Gasteiger partial charge >= 0.3 is 0 Å². The van der Waals surface area contributed by atoms with Crippen LogP contribution >= 0.6 is 0 Å². The Morgan fingerprint density at radius 1 is 0.889 bits per heavy atom. The second-order valence-corrected chi connectivity index (χ2v) is 3.95. The lowest BCUT2D eigenvalue weighted by Crippen LogP contribution is -2.06. The zero-order valence-corrected chi connectivity index (χ0v) is 10.5. The van der Waals surface area contributed by atoms with Crippen LogP contribution in [0.4, 0.5) is 0 Å². The lowest BCUT2D eigenvalue weighted by Gasteiger charge is -1.92. The van der Waals surface area contributed by atoms with Crippen LogP contribution in [-0.2, 0) is 0 Å². The van der Waals surface area contributed by atoms with Crippen LogP contribution in [-0.4, -0.2) is 23.7 Å². The van der Waals surface area contributed by atoms with Gasteiger partial charge in [0.05, 0.1) is 0 Å². The summed E-state index contributed by atoms with van der Waals surface area (Å²) in [5, 5.41) is 4.46. The van der Waals surface area contributed by atoms with Crippen molar-refractivity contribution in [1.82, 2.24) is 0 Å². The Labute approximate surface area is 108 Å². The van der Waals surface area contributed by atoms with Crippen molar-refractivity contribution in [1.29, 1.82) is 0 Å².